The number of nitrogens with one attached hydrogen (secondary N) is 2. The van der Waals surface area contributed by atoms with Crippen molar-refractivity contribution in [2.45, 2.75) is 26.7 Å². The van der Waals surface area contributed by atoms with E-state index in [4.69, 9.17) is 4.74 Å². The van der Waals surface area contributed by atoms with Crippen LogP contribution in [0.1, 0.15) is 23.5 Å². The molecule has 0 fully saturated rings. The highest BCUT2D eigenvalue weighted by atomic mass is 32.1. The second-order valence-electron chi connectivity index (χ2n) is 5.12. The van der Waals surface area contributed by atoms with Crippen molar-refractivity contribution in [3.63, 3.8) is 0 Å². The molecule has 0 atom stereocenters. The smallest absolute Gasteiger partial charge is 0.229 e. The fourth-order valence-electron chi connectivity index (χ4n) is 1.99. The van der Waals surface area contributed by atoms with Gasteiger partial charge in [-0.05, 0) is 26.3 Å². The Morgan fingerprint density at radius 1 is 1.26 bits per heavy atom. The first-order valence-electron chi connectivity index (χ1n) is 7.36. The molecule has 7 nitrogen and oxygen atoms in total. The third-order valence-corrected chi connectivity index (χ3v) is 3.75. The molecule has 0 aliphatic carbocycles. The normalized spacial score (nSPS) is 10.6. The Kier molecular flexibility index (Phi) is 6.42. The van der Waals surface area contributed by atoms with Crippen LogP contribution >= 0.6 is 11.3 Å². The first-order valence-corrected chi connectivity index (χ1v) is 8.24. The highest BCUT2D eigenvalue weighted by molar-refractivity contribution is 7.13. The first-order chi connectivity index (χ1) is 11.1. The third-order valence-electron chi connectivity index (χ3n) is 2.94. The summed E-state index contributed by atoms with van der Waals surface area (Å²) in [6.45, 7) is 5.08. The highest BCUT2D eigenvalue weighted by Crippen LogP contribution is 2.19. The number of carbonyl (C=O) groups excluding carboxylic acids is 1. The number of ether oxygens (including phenoxy) is 1. The number of amides is 1. The summed E-state index contributed by atoms with van der Waals surface area (Å²) in [6.07, 6.45) is 1.06. The Morgan fingerprint density at radius 3 is 2.70 bits per heavy atom. The number of rotatable bonds is 8. The summed E-state index contributed by atoms with van der Waals surface area (Å²) >= 11 is 1.43. The van der Waals surface area contributed by atoms with Crippen LogP contribution in [-0.4, -0.2) is 41.1 Å². The SMILES string of the molecule is COCCCNC(=O)Cc1csc(Nc2nc(C)cc(C)n2)n1. The summed E-state index contributed by atoms with van der Waals surface area (Å²) in [4.78, 5) is 24.8. The van der Waals surface area contributed by atoms with Gasteiger partial charge < -0.3 is 15.4 Å². The number of carbonyl (C=O) groups is 1. The van der Waals surface area contributed by atoms with Gasteiger partial charge in [0.2, 0.25) is 11.9 Å². The molecule has 0 radical (unpaired) electrons. The molecule has 0 aliphatic rings. The van der Waals surface area contributed by atoms with E-state index >= 15 is 0 Å². The molecule has 1 amide bonds. The molecule has 23 heavy (non-hydrogen) atoms. The van der Waals surface area contributed by atoms with E-state index in [2.05, 4.69) is 25.6 Å². The van der Waals surface area contributed by atoms with E-state index in [1.807, 2.05) is 25.3 Å². The van der Waals surface area contributed by atoms with Crippen LogP contribution < -0.4 is 10.6 Å². The van der Waals surface area contributed by atoms with Crippen LogP contribution in [0.5, 0.6) is 0 Å². The van der Waals surface area contributed by atoms with Gasteiger partial charge in [-0.3, -0.25) is 4.79 Å². The number of aromatic nitrogens is 3. The summed E-state index contributed by atoms with van der Waals surface area (Å²) in [7, 11) is 1.64. The number of methoxy groups -OCH3 is 1. The lowest BCUT2D eigenvalue weighted by Gasteiger charge is -2.04. The van der Waals surface area contributed by atoms with E-state index in [1.54, 1.807) is 7.11 Å². The number of aryl methyl sites for hydroxylation is 2. The van der Waals surface area contributed by atoms with Crippen molar-refractivity contribution in [1.82, 2.24) is 20.3 Å². The van der Waals surface area contributed by atoms with Crippen LogP contribution in [0.3, 0.4) is 0 Å². The number of hydrogen-bond acceptors (Lipinski definition) is 7. The molecule has 2 rings (SSSR count). The maximum absolute atomic E-state index is 11.8. The largest absolute Gasteiger partial charge is 0.385 e. The monoisotopic (exact) mass is 335 g/mol. The number of thiazole rings is 1. The van der Waals surface area contributed by atoms with Gasteiger partial charge in [-0.25, -0.2) is 15.0 Å². The van der Waals surface area contributed by atoms with Crippen molar-refractivity contribution in [1.29, 1.82) is 0 Å². The third kappa shape index (κ3) is 5.91. The molecule has 8 heteroatoms. The molecule has 0 spiro atoms. The van der Waals surface area contributed by atoms with E-state index in [0.29, 0.717) is 24.2 Å². The molecule has 0 aliphatic heterocycles. The van der Waals surface area contributed by atoms with E-state index < -0.39 is 0 Å². The molecule has 0 aromatic carbocycles. The Morgan fingerprint density at radius 2 is 2.00 bits per heavy atom. The van der Waals surface area contributed by atoms with Crippen molar-refractivity contribution in [3.8, 4) is 0 Å². The van der Waals surface area contributed by atoms with Crippen molar-refractivity contribution in [3.05, 3.63) is 28.5 Å². The van der Waals surface area contributed by atoms with Crippen LogP contribution in [0.4, 0.5) is 11.1 Å². The van der Waals surface area contributed by atoms with Gasteiger partial charge in [-0.1, -0.05) is 0 Å². The van der Waals surface area contributed by atoms with E-state index in [9.17, 15) is 4.79 Å². The molecular weight excluding hydrogens is 314 g/mol. The molecule has 2 heterocycles. The minimum atomic E-state index is -0.0411. The van der Waals surface area contributed by atoms with Crippen LogP contribution in [0.25, 0.3) is 0 Å². The zero-order valence-electron chi connectivity index (χ0n) is 13.5. The fourth-order valence-corrected chi connectivity index (χ4v) is 2.70. The number of hydrogen-bond donors (Lipinski definition) is 2. The minimum absolute atomic E-state index is 0.0411. The molecule has 0 saturated heterocycles. The van der Waals surface area contributed by atoms with Crippen molar-refractivity contribution in [2.75, 3.05) is 25.6 Å². The summed E-state index contributed by atoms with van der Waals surface area (Å²) in [6, 6.07) is 1.91. The van der Waals surface area contributed by atoms with Gasteiger partial charge in [0.15, 0.2) is 5.13 Å². The van der Waals surface area contributed by atoms with Gasteiger partial charge in [0.25, 0.3) is 0 Å². The molecule has 0 unspecified atom stereocenters. The predicted molar refractivity (Wildman–Crippen MR) is 90.1 cm³/mol. The Balaban J connectivity index is 1.86. The van der Waals surface area contributed by atoms with Crippen molar-refractivity contribution >= 4 is 28.3 Å². The summed E-state index contributed by atoms with van der Waals surface area (Å²) in [5.41, 5.74) is 2.52. The van der Waals surface area contributed by atoms with Crippen molar-refractivity contribution in [2.24, 2.45) is 0 Å². The van der Waals surface area contributed by atoms with Gasteiger partial charge in [0, 0.05) is 37.0 Å². The van der Waals surface area contributed by atoms with Crippen LogP contribution in [0.15, 0.2) is 11.4 Å². The second-order valence-corrected chi connectivity index (χ2v) is 5.97. The van der Waals surface area contributed by atoms with Crippen LogP contribution in [-0.2, 0) is 16.0 Å². The van der Waals surface area contributed by atoms with Crippen molar-refractivity contribution < 1.29 is 9.53 Å². The first kappa shape index (κ1) is 17.3. The average Bonchev–Trinajstić information content (AvgIpc) is 2.89. The second kappa shape index (κ2) is 8.54. The minimum Gasteiger partial charge on any atom is -0.385 e. The maximum atomic E-state index is 11.8. The number of nitrogens with zero attached hydrogens (tertiary/aromatic N) is 3. The summed E-state index contributed by atoms with van der Waals surface area (Å²) in [5.74, 6) is 0.480. The van der Waals surface area contributed by atoms with Gasteiger partial charge in [-0.2, -0.15) is 0 Å². The lowest BCUT2D eigenvalue weighted by molar-refractivity contribution is -0.120. The Labute approximate surface area is 139 Å². The Hall–Kier alpha value is -2.06. The highest BCUT2D eigenvalue weighted by Gasteiger charge is 2.09. The Bertz CT molecular complexity index is 639. The summed E-state index contributed by atoms with van der Waals surface area (Å²) < 4.78 is 4.94. The standard InChI is InChI=1S/C15H21N5O2S/c1-10-7-11(2)18-14(17-10)20-15-19-12(9-23-15)8-13(21)16-5-4-6-22-3/h7,9H,4-6,8H2,1-3H3,(H,16,21)(H,17,18,19,20). The molecule has 2 aromatic rings. The predicted octanol–water partition coefficient (Wildman–Crippen LogP) is 1.99. The van der Waals surface area contributed by atoms with Crippen LogP contribution in [0, 0.1) is 13.8 Å². The molecule has 0 saturated carbocycles. The fraction of sp³-hybridized carbons (Fsp3) is 0.467. The lowest BCUT2D eigenvalue weighted by Crippen LogP contribution is -2.26. The topological polar surface area (TPSA) is 89.0 Å². The van der Waals surface area contributed by atoms with E-state index in [-0.39, 0.29) is 12.3 Å². The number of anilines is 2. The van der Waals surface area contributed by atoms with Gasteiger partial charge in [0.1, 0.15) is 0 Å². The molecule has 2 N–H and O–H groups in total. The van der Waals surface area contributed by atoms with Crippen LogP contribution in [0.2, 0.25) is 0 Å². The van der Waals surface area contributed by atoms with Gasteiger partial charge in [0.05, 0.1) is 12.1 Å². The van der Waals surface area contributed by atoms with Gasteiger partial charge in [-0.15, -0.1) is 11.3 Å². The van der Waals surface area contributed by atoms with E-state index in [0.717, 1.165) is 23.5 Å². The summed E-state index contributed by atoms with van der Waals surface area (Å²) in [5, 5.41) is 8.46. The van der Waals surface area contributed by atoms with E-state index in [1.165, 1.54) is 11.3 Å². The molecule has 2 aromatic heterocycles. The molecule has 0 bridgehead atoms. The molecular formula is C15H21N5O2S. The van der Waals surface area contributed by atoms with Gasteiger partial charge >= 0.3 is 0 Å². The quantitative estimate of drug-likeness (QED) is 0.717. The average molecular weight is 335 g/mol. The maximum Gasteiger partial charge on any atom is 0.229 e. The zero-order chi connectivity index (χ0) is 16.7. The lowest BCUT2D eigenvalue weighted by atomic mass is 10.3. The molecule has 124 valence electrons. The zero-order valence-corrected chi connectivity index (χ0v) is 14.4.